The minimum absolute atomic E-state index is 0.468. The van der Waals surface area contributed by atoms with Crippen LogP contribution in [0.1, 0.15) is 11.3 Å². The molecule has 0 spiro atoms. The van der Waals surface area contributed by atoms with Crippen molar-refractivity contribution in [1.29, 1.82) is 0 Å². The van der Waals surface area contributed by atoms with Crippen LogP contribution in [0.5, 0.6) is 5.88 Å². The average Bonchev–Trinajstić information content (AvgIpc) is 2.19. The minimum Gasteiger partial charge on any atom is -0.481 e. The molecule has 0 saturated carbocycles. The lowest BCUT2D eigenvalue weighted by molar-refractivity contribution is -0.276. The van der Waals surface area contributed by atoms with Crippen molar-refractivity contribution in [3.05, 3.63) is 23.1 Å². The minimum atomic E-state index is -5.08. The fourth-order valence-electron chi connectivity index (χ4n) is 1.16. The Labute approximate surface area is 97.0 Å². The first-order chi connectivity index (χ1) is 8.23. The van der Waals surface area contributed by atoms with Crippen LogP contribution in [0.2, 0.25) is 0 Å². The highest BCUT2D eigenvalue weighted by atomic mass is 19.4. The van der Waals surface area contributed by atoms with Gasteiger partial charge in [-0.15, -0.1) is 13.2 Å². The van der Waals surface area contributed by atoms with E-state index >= 15 is 0 Å². The van der Waals surface area contributed by atoms with E-state index in [1.54, 1.807) is 0 Å². The molecule has 1 heterocycles. The number of carboxylic acid groups (broad SMARTS) is 1. The third kappa shape index (κ3) is 3.82. The van der Waals surface area contributed by atoms with E-state index in [0.29, 0.717) is 6.07 Å². The molecule has 9 heteroatoms. The number of nitrogens with zero attached hydrogens (tertiary/aromatic N) is 1. The van der Waals surface area contributed by atoms with Crippen LogP contribution in [0.3, 0.4) is 0 Å². The molecule has 0 fully saturated rings. The van der Waals surface area contributed by atoms with Gasteiger partial charge >= 0.3 is 12.3 Å². The molecule has 0 unspecified atom stereocenters. The Kier molecular flexibility index (Phi) is 4.04. The first-order valence-electron chi connectivity index (χ1n) is 4.44. The van der Waals surface area contributed by atoms with Gasteiger partial charge in [0.05, 0.1) is 6.42 Å². The van der Waals surface area contributed by atoms with Crippen LogP contribution in [0.25, 0.3) is 0 Å². The summed E-state index contributed by atoms with van der Waals surface area (Å²) in [6.45, 7) is -1.48. The SMILES string of the molecule is O=C(O)Cc1cc(OC(F)(F)F)nc(CF)c1F. The molecule has 100 valence electrons. The zero-order chi connectivity index (χ0) is 13.9. The van der Waals surface area contributed by atoms with Crippen LogP contribution in [-0.4, -0.2) is 22.4 Å². The summed E-state index contributed by atoms with van der Waals surface area (Å²) in [7, 11) is 0. The van der Waals surface area contributed by atoms with E-state index in [4.69, 9.17) is 5.11 Å². The monoisotopic (exact) mass is 271 g/mol. The van der Waals surface area contributed by atoms with Crippen LogP contribution >= 0.6 is 0 Å². The number of hydrogen-bond donors (Lipinski definition) is 1. The van der Waals surface area contributed by atoms with Gasteiger partial charge in [0.1, 0.15) is 12.4 Å². The molecule has 0 aliphatic heterocycles. The van der Waals surface area contributed by atoms with Crippen LogP contribution in [0, 0.1) is 5.82 Å². The molecule has 0 radical (unpaired) electrons. The third-order valence-electron chi connectivity index (χ3n) is 1.77. The summed E-state index contributed by atoms with van der Waals surface area (Å²) in [6, 6.07) is 0.468. The maximum atomic E-state index is 13.3. The molecule has 0 aliphatic rings. The molecule has 0 bridgehead atoms. The Balaban J connectivity index is 3.17. The average molecular weight is 271 g/mol. The fraction of sp³-hybridized carbons (Fsp3) is 0.333. The highest BCUT2D eigenvalue weighted by Crippen LogP contribution is 2.25. The van der Waals surface area contributed by atoms with Gasteiger partial charge in [0.25, 0.3) is 0 Å². The summed E-state index contributed by atoms with van der Waals surface area (Å²) in [4.78, 5) is 13.3. The Morgan fingerprint density at radius 1 is 1.44 bits per heavy atom. The quantitative estimate of drug-likeness (QED) is 0.853. The number of ether oxygens (including phenoxy) is 1. The zero-order valence-electron chi connectivity index (χ0n) is 8.59. The van der Waals surface area contributed by atoms with Crippen LogP contribution in [0.15, 0.2) is 6.07 Å². The summed E-state index contributed by atoms with van der Waals surface area (Å²) in [5.41, 5.74) is -1.57. The van der Waals surface area contributed by atoms with E-state index in [1.807, 2.05) is 0 Å². The number of carboxylic acids is 1. The summed E-state index contributed by atoms with van der Waals surface area (Å²) in [5, 5.41) is 8.43. The smallest absolute Gasteiger partial charge is 0.481 e. The van der Waals surface area contributed by atoms with E-state index in [1.165, 1.54) is 0 Å². The van der Waals surface area contributed by atoms with Crippen molar-refractivity contribution in [3.8, 4) is 5.88 Å². The molecule has 1 rings (SSSR count). The second-order valence-corrected chi connectivity index (χ2v) is 3.13. The first-order valence-corrected chi connectivity index (χ1v) is 4.44. The summed E-state index contributed by atoms with van der Waals surface area (Å²) < 4.78 is 64.8. The van der Waals surface area contributed by atoms with Gasteiger partial charge in [-0.3, -0.25) is 4.79 Å². The number of pyridine rings is 1. The van der Waals surface area contributed by atoms with Crippen LogP contribution in [-0.2, 0) is 17.9 Å². The topological polar surface area (TPSA) is 59.4 Å². The Bertz CT molecular complexity index is 460. The lowest BCUT2D eigenvalue weighted by Crippen LogP contribution is -2.19. The van der Waals surface area contributed by atoms with Crippen molar-refractivity contribution in [3.63, 3.8) is 0 Å². The second kappa shape index (κ2) is 5.15. The van der Waals surface area contributed by atoms with E-state index in [9.17, 15) is 26.7 Å². The van der Waals surface area contributed by atoms with Crippen molar-refractivity contribution in [2.24, 2.45) is 0 Å². The second-order valence-electron chi connectivity index (χ2n) is 3.13. The van der Waals surface area contributed by atoms with Gasteiger partial charge in [0.15, 0.2) is 5.82 Å². The van der Waals surface area contributed by atoms with Gasteiger partial charge in [-0.2, -0.15) is 0 Å². The van der Waals surface area contributed by atoms with E-state index < -0.39 is 48.4 Å². The number of halogens is 5. The van der Waals surface area contributed by atoms with Crippen molar-refractivity contribution in [2.45, 2.75) is 19.5 Å². The highest BCUT2D eigenvalue weighted by Gasteiger charge is 2.32. The van der Waals surface area contributed by atoms with E-state index in [2.05, 4.69) is 9.72 Å². The normalized spacial score (nSPS) is 11.4. The highest BCUT2D eigenvalue weighted by molar-refractivity contribution is 5.70. The number of alkyl halides is 4. The fourth-order valence-corrected chi connectivity index (χ4v) is 1.16. The number of rotatable bonds is 4. The lowest BCUT2D eigenvalue weighted by atomic mass is 10.1. The van der Waals surface area contributed by atoms with Gasteiger partial charge in [-0.25, -0.2) is 13.8 Å². The molecule has 1 aromatic heterocycles. The molecule has 0 amide bonds. The number of hydrogen-bond acceptors (Lipinski definition) is 3. The van der Waals surface area contributed by atoms with Gasteiger partial charge in [-0.1, -0.05) is 0 Å². The standard InChI is InChI=1S/C9H6F5NO3/c10-3-5-8(11)4(2-7(16)17)1-6(15-5)18-9(12,13)14/h1H,2-3H2,(H,16,17). The van der Waals surface area contributed by atoms with E-state index in [0.717, 1.165) is 0 Å². The predicted octanol–water partition coefficient (Wildman–Crippen LogP) is 2.22. The number of aliphatic carboxylic acids is 1. The molecule has 4 nitrogen and oxygen atoms in total. The molecular formula is C9H6F5NO3. The summed E-state index contributed by atoms with van der Waals surface area (Å²) >= 11 is 0. The molecule has 0 atom stereocenters. The van der Waals surface area contributed by atoms with Crippen LogP contribution in [0.4, 0.5) is 22.0 Å². The zero-order valence-corrected chi connectivity index (χ0v) is 8.59. The number of carbonyl (C=O) groups is 1. The molecule has 1 N–H and O–H groups in total. The maximum Gasteiger partial charge on any atom is 0.574 e. The maximum absolute atomic E-state index is 13.3. The van der Waals surface area contributed by atoms with Crippen molar-refractivity contribution >= 4 is 5.97 Å². The summed E-state index contributed by atoms with van der Waals surface area (Å²) in [6.07, 6.45) is -5.99. The third-order valence-corrected chi connectivity index (χ3v) is 1.77. The molecule has 1 aromatic rings. The van der Waals surface area contributed by atoms with Gasteiger partial charge < -0.3 is 9.84 Å². The van der Waals surface area contributed by atoms with Crippen LogP contribution < -0.4 is 4.74 Å². The van der Waals surface area contributed by atoms with Gasteiger partial charge in [-0.05, 0) is 0 Å². The largest absolute Gasteiger partial charge is 0.574 e. The lowest BCUT2D eigenvalue weighted by Gasteiger charge is -2.11. The van der Waals surface area contributed by atoms with Gasteiger partial charge in [0.2, 0.25) is 5.88 Å². The Morgan fingerprint density at radius 3 is 2.50 bits per heavy atom. The Hall–Kier alpha value is -1.93. The molecule has 0 saturated heterocycles. The molecule has 0 aliphatic carbocycles. The number of aromatic nitrogens is 1. The van der Waals surface area contributed by atoms with E-state index in [-0.39, 0.29) is 0 Å². The Morgan fingerprint density at radius 2 is 2.06 bits per heavy atom. The van der Waals surface area contributed by atoms with Crippen molar-refractivity contribution in [1.82, 2.24) is 4.98 Å². The summed E-state index contributed by atoms with van der Waals surface area (Å²) in [5.74, 6) is -3.88. The first kappa shape index (κ1) is 14.1. The van der Waals surface area contributed by atoms with Crippen molar-refractivity contribution in [2.75, 3.05) is 0 Å². The predicted molar refractivity (Wildman–Crippen MR) is 47.0 cm³/mol. The molecule has 0 aromatic carbocycles. The molecular weight excluding hydrogens is 265 g/mol. The van der Waals surface area contributed by atoms with Crippen molar-refractivity contribution < 1.29 is 36.6 Å². The van der Waals surface area contributed by atoms with Gasteiger partial charge in [0, 0.05) is 11.6 Å². The molecule has 18 heavy (non-hydrogen) atoms.